The van der Waals surface area contributed by atoms with E-state index in [-0.39, 0.29) is 6.54 Å². The Morgan fingerprint density at radius 1 is 1.10 bits per heavy atom. The monoisotopic (exact) mass is 275 g/mol. The van der Waals surface area contributed by atoms with Crippen molar-refractivity contribution in [1.29, 1.82) is 0 Å². The molecule has 1 aromatic heterocycles. The number of nitrogens with zero attached hydrogens (tertiary/aromatic N) is 3. The largest absolute Gasteiger partial charge is 0.476 e. The third kappa shape index (κ3) is 2.66. The van der Waals surface area contributed by atoms with Gasteiger partial charge in [-0.3, -0.25) is 0 Å². The fourth-order valence-corrected chi connectivity index (χ4v) is 1.83. The Balaban J connectivity index is 2.33. The van der Waals surface area contributed by atoms with Gasteiger partial charge in [0.2, 0.25) is 5.69 Å². The van der Waals surface area contributed by atoms with Crippen molar-refractivity contribution >= 4 is 11.9 Å². The lowest BCUT2D eigenvalue weighted by molar-refractivity contribution is 0.0640. The third-order valence-electron chi connectivity index (χ3n) is 2.90. The molecule has 0 fully saturated rings. The minimum atomic E-state index is -1.41. The minimum absolute atomic E-state index is 0.159. The number of carboxylic acids is 2. The van der Waals surface area contributed by atoms with Crippen molar-refractivity contribution in [3.05, 3.63) is 46.8 Å². The molecule has 7 heteroatoms. The van der Waals surface area contributed by atoms with Crippen molar-refractivity contribution in [1.82, 2.24) is 15.0 Å². The first-order chi connectivity index (χ1) is 9.52. The van der Waals surface area contributed by atoms with E-state index in [1.165, 1.54) is 0 Å². The first kappa shape index (κ1) is 13.7. The molecule has 0 unspecified atom stereocenters. The van der Waals surface area contributed by atoms with E-state index < -0.39 is 23.3 Å². The number of rotatable bonds is 5. The van der Waals surface area contributed by atoms with E-state index in [9.17, 15) is 9.59 Å². The van der Waals surface area contributed by atoms with Gasteiger partial charge in [0, 0.05) is 0 Å². The van der Waals surface area contributed by atoms with Gasteiger partial charge in [-0.2, -0.15) is 0 Å². The van der Waals surface area contributed by atoms with E-state index in [1.54, 1.807) is 0 Å². The highest BCUT2D eigenvalue weighted by atomic mass is 16.4. The van der Waals surface area contributed by atoms with Crippen LogP contribution in [0.5, 0.6) is 0 Å². The standard InChI is InChI=1S/C13H13N3O4/c1-2-8-3-5-9(6-4-8)7-16-11(13(19)20)10(12(17)18)14-15-16/h3-6H,2,7H2,1H3,(H,17,18)(H,19,20). The van der Waals surface area contributed by atoms with Gasteiger partial charge in [-0.1, -0.05) is 36.4 Å². The van der Waals surface area contributed by atoms with Gasteiger partial charge in [-0.25, -0.2) is 14.3 Å². The summed E-state index contributed by atoms with van der Waals surface area (Å²) < 4.78 is 1.08. The number of hydrogen-bond acceptors (Lipinski definition) is 4. The van der Waals surface area contributed by atoms with Crippen LogP contribution in [0.25, 0.3) is 0 Å². The van der Waals surface area contributed by atoms with Gasteiger partial charge < -0.3 is 10.2 Å². The summed E-state index contributed by atoms with van der Waals surface area (Å²) >= 11 is 0. The number of carboxylic acid groups (broad SMARTS) is 2. The normalized spacial score (nSPS) is 10.4. The fourth-order valence-electron chi connectivity index (χ4n) is 1.83. The lowest BCUT2D eigenvalue weighted by Gasteiger charge is -2.05. The average molecular weight is 275 g/mol. The van der Waals surface area contributed by atoms with Crippen molar-refractivity contribution < 1.29 is 19.8 Å². The third-order valence-corrected chi connectivity index (χ3v) is 2.90. The maximum atomic E-state index is 11.1. The van der Waals surface area contributed by atoms with Crippen LogP contribution in [0.15, 0.2) is 24.3 Å². The molecular formula is C13H13N3O4. The number of aromatic carboxylic acids is 2. The van der Waals surface area contributed by atoms with Gasteiger partial charge in [-0.15, -0.1) is 5.10 Å². The highest BCUT2D eigenvalue weighted by Crippen LogP contribution is 2.11. The Labute approximate surface area is 114 Å². The Morgan fingerprint density at radius 2 is 1.70 bits per heavy atom. The second-order valence-corrected chi connectivity index (χ2v) is 4.22. The molecule has 0 atom stereocenters. The van der Waals surface area contributed by atoms with Crippen molar-refractivity contribution in [2.75, 3.05) is 0 Å². The molecule has 0 spiro atoms. The molecule has 1 heterocycles. The second kappa shape index (κ2) is 5.52. The highest BCUT2D eigenvalue weighted by molar-refractivity contribution is 5.98. The molecule has 0 radical (unpaired) electrons. The zero-order chi connectivity index (χ0) is 14.7. The molecule has 7 nitrogen and oxygen atoms in total. The smallest absolute Gasteiger partial charge is 0.359 e. The van der Waals surface area contributed by atoms with Gasteiger partial charge in [0.05, 0.1) is 6.54 Å². The Morgan fingerprint density at radius 3 is 2.20 bits per heavy atom. The summed E-state index contributed by atoms with van der Waals surface area (Å²) in [6.45, 7) is 2.19. The molecule has 0 aliphatic rings. The highest BCUT2D eigenvalue weighted by Gasteiger charge is 2.24. The summed E-state index contributed by atoms with van der Waals surface area (Å²) in [6, 6.07) is 7.58. The van der Waals surface area contributed by atoms with E-state index in [4.69, 9.17) is 10.2 Å². The van der Waals surface area contributed by atoms with Crippen LogP contribution >= 0.6 is 0 Å². The molecule has 2 rings (SSSR count). The Kier molecular flexibility index (Phi) is 3.79. The zero-order valence-electron chi connectivity index (χ0n) is 10.8. The van der Waals surface area contributed by atoms with E-state index in [2.05, 4.69) is 10.3 Å². The number of benzene rings is 1. The van der Waals surface area contributed by atoms with Gasteiger partial charge in [0.25, 0.3) is 0 Å². The van der Waals surface area contributed by atoms with E-state index in [1.807, 2.05) is 31.2 Å². The van der Waals surface area contributed by atoms with Crippen LogP contribution < -0.4 is 0 Å². The molecule has 2 N–H and O–H groups in total. The molecule has 0 amide bonds. The lowest BCUT2D eigenvalue weighted by Crippen LogP contribution is -2.14. The molecule has 20 heavy (non-hydrogen) atoms. The van der Waals surface area contributed by atoms with Gasteiger partial charge in [-0.05, 0) is 17.5 Å². The predicted octanol–water partition coefficient (Wildman–Crippen LogP) is 1.29. The number of hydrogen-bond donors (Lipinski definition) is 2. The SMILES string of the molecule is CCc1ccc(Cn2nnc(C(=O)O)c2C(=O)O)cc1. The van der Waals surface area contributed by atoms with E-state index in [0.29, 0.717) is 0 Å². The van der Waals surface area contributed by atoms with Gasteiger partial charge >= 0.3 is 11.9 Å². The molecule has 104 valence electrons. The number of aromatic nitrogens is 3. The van der Waals surface area contributed by atoms with Crippen LogP contribution in [0.3, 0.4) is 0 Å². The van der Waals surface area contributed by atoms with Gasteiger partial charge in [0.1, 0.15) is 0 Å². The summed E-state index contributed by atoms with van der Waals surface area (Å²) in [5.41, 5.74) is 1.02. The van der Waals surface area contributed by atoms with Crippen LogP contribution in [0.2, 0.25) is 0 Å². The molecule has 0 saturated heterocycles. The molecule has 0 bridgehead atoms. The molecule has 0 aliphatic carbocycles. The van der Waals surface area contributed by atoms with Crippen LogP contribution in [0.1, 0.15) is 39.0 Å². The first-order valence-corrected chi connectivity index (χ1v) is 6.00. The van der Waals surface area contributed by atoms with Crippen LogP contribution in [0, 0.1) is 0 Å². The topological polar surface area (TPSA) is 105 Å². The molecule has 1 aromatic carbocycles. The Hall–Kier alpha value is -2.70. The van der Waals surface area contributed by atoms with Crippen molar-refractivity contribution in [3.63, 3.8) is 0 Å². The van der Waals surface area contributed by atoms with Crippen LogP contribution in [-0.4, -0.2) is 37.1 Å². The Bertz CT molecular complexity index is 646. The zero-order valence-corrected chi connectivity index (χ0v) is 10.8. The summed E-state index contributed by atoms with van der Waals surface area (Å²) in [5.74, 6) is -2.77. The maximum Gasteiger partial charge on any atom is 0.359 e. The number of carbonyl (C=O) groups is 2. The van der Waals surface area contributed by atoms with E-state index in [0.717, 1.165) is 22.2 Å². The number of aryl methyl sites for hydroxylation is 1. The van der Waals surface area contributed by atoms with E-state index >= 15 is 0 Å². The van der Waals surface area contributed by atoms with Crippen molar-refractivity contribution in [2.24, 2.45) is 0 Å². The lowest BCUT2D eigenvalue weighted by atomic mass is 10.1. The van der Waals surface area contributed by atoms with Crippen molar-refractivity contribution in [2.45, 2.75) is 19.9 Å². The van der Waals surface area contributed by atoms with Crippen LogP contribution in [-0.2, 0) is 13.0 Å². The first-order valence-electron chi connectivity index (χ1n) is 6.00. The molecular weight excluding hydrogens is 262 g/mol. The minimum Gasteiger partial charge on any atom is -0.476 e. The van der Waals surface area contributed by atoms with Crippen LogP contribution in [0.4, 0.5) is 0 Å². The molecule has 2 aromatic rings. The summed E-state index contributed by atoms with van der Waals surface area (Å²) in [4.78, 5) is 22.0. The summed E-state index contributed by atoms with van der Waals surface area (Å²) in [6.07, 6.45) is 0.910. The summed E-state index contributed by atoms with van der Waals surface area (Å²) in [7, 11) is 0. The fraction of sp³-hybridized carbons (Fsp3) is 0.231. The van der Waals surface area contributed by atoms with Crippen molar-refractivity contribution in [3.8, 4) is 0 Å². The second-order valence-electron chi connectivity index (χ2n) is 4.22. The quantitative estimate of drug-likeness (QED) is 0.851. The molecule has 0 aliphatic heterocycles. The predicted molar refractivity (Wildman–Crippen MR) is 68.9 cm³/mol. The maximum absolute atomic E-state index is 11.1. The average Bonchev–Trinajstić information content (AvgIpc) is 2.83. The van der Waals surface area contributed by atoms with Gasteiger partial charge in [0.15, 0.2) is 5.69 Å². The summed E-state index contributed by atoms with van der Waals surface area (Å²) in [5, 5.41) is 25.0. The molecule has 0 saturated carbocycles.